The maximum absolute atomic E-state index is 12.4. The molecule has 3 aliphatic rings. The first kappa shape index (κ1) is 18.6. The molecular formula is C23H27N3O3. The molecule has 2 fully saturated rings. The van der Waals surface area contributed by atoms with Crippen LogP contribution in [0.5, 0.6) is 0 Å². The molecule has 5 rings (SSSR count). The fraction of sp³-hybridized carbons (Fsp3) is 0.478. The van der Waals surface area contributed by atoms with Gasteiger partial charge in [0, 0.05) is 56.0 Å². The van der Waals surface area contributed by atoms with Crippen molar-refractivity contribution < 1.29 is 9.90 Å². The van der Waals surface area contributed by atoms with E-state index in [1.807, 2.05) is 21.6 Å². The third kappa shape index (κ3) is 3.30. The predicted molar refractivity (Wildman–Crippen MR) is 111 cm³/mol. The molecule has 2 bridgehead atoms. The number of anilines is 1. The fourth-order valence-corrected chi connectivity index (χ4v) is 5.46. The number of carbonyl (C=O) groups is 1. The number of aromatic nitrogens is 1. The van der Waals surface area contributed by atoms with Crippen LogP contribution in [-0.4, -0.2) is 46.7 Å². The van der Waals surface area contributed by atoms with Crippen molar-refractivity contribution in [3.63, 3.8) is 0 Å². The molecular weight excluding hydrogens is 366 g/mol. The highest BCUT2D eigenvalue weighted by molar-refractivity contribution is 5.95. The number of piperidine rings is 1. The first-order chi connectivity index (χ1) is 14.1. The normalized spacial score (nSPS) is 26.6. The first-order valence-corrected chi connectivity index (χ1v) is 10.6. The average molecular weight is 393 g/mol. The standard InChI is InChI=1S/C23H27N3O3/c27-15-21-18-11-17(20-3-1-4-23(29)26(20)21)13-24(14-18)12-16-6-8-19(9-7-16)25-10-2-5-22(25)28/h1,3-4,6-9,17-18,21,27H,2,5,10-15H2/t17-,18+,21+/m1/s1. The minimum absolute atomic E-state index is 0.000701. The van der Waals surface area contributed by atoms with Crippen LogP contribution >= 0.6 is 0 Å². The number of carbonyl (C=O) groups excluding carboxylic acids is 1. The SMILES string of the molecule is O=C1CCCN1c1ccc(CN2C[C@H]3C[C@@H](C2)[C@H](CO)n2c3cccc2=O)cc1. The lowest BCUT2D eigenvalue weighted by atomic mass is 9.78. The highest BCUT2D eigenvalue weighted by Crippen LogP contribution is 2.41. The third-order valence-corrected chi connectivity index (χ3v) is 6.79. The summed E-state index contributed by atoms with van der Waals surface area (Å²) in [6, 6.07) is 13.7. The number of fused-ring (bicyclic) bond motifs is 4. The van der Waals surface area contributed by atoms with Crippen molar-refractivity contribution >= 4 is 11.6 Å². The lowest BCUT2D eigenvalue weighted by Gasteiger charge is -2.46. The number of benzene rings is 1. The second kappa shape index (κ2) is 7.43. The molecule has 3 aliphatic heterocycles. The minimum Gasteiger partial charge on any atom is -0.394 e. The second-order valence-electron chi connectivity index (χ2n) is 8.61. The van der Waals surface area contributed by atoms with Crippen molar-refractivity contribution in [3.05, 3.63) is 64.1 Å². The van der Waals surface area contributed by atoms with E-state index in [9.17, 15) is 14.7 Å². The summed E-state index contributed by atoms with van der Waals surface area (Å²) in [7, 11) is 0. The summed E-state index contributed by atoms with van der Waals surface area (Å²) in [6.45, 7) is 3.46. The first-order valence-electron chi connectivity index (χ1n) is 10.6. The Kier molecular flexibility index (Phi) is 4.76. The lowest BCUT2D eigenvalue weighted by Crippen LogP contribution is -2.50. The molecule has 29 heavy (non-hydrogen) atoms. The maximum atomic E-state index is 12.4. The Morgan fingerprint density at radius 3 is 2.59 bits per heavy atom. The molecule has 6 nitrogen and oxygen atoms in total. The van der Waals surface area contributed by atoms with E-state index in [2.05, 4.69) is 29.2 Å². The molecule has 0 spiro atoms. The molecule has 1 amide bonds. The van der Waals surface area contributed by atoms with E-state index in [4.69, 9.17) is 0 Å². The zero-order chi connectivity index (χ0) is 20.0. The van der Waals surface area contributed by atoms with Crippen LogP contribution in [0, 0.1) is 5.92 Å². The van der Waals surface area contributed by atoms with Crippen molar-refractivity contribution in [2.24, 2.45) is 5.92 Å². The van der Waals surface area contributed by atoms with Gasteiger partial charge >= 0.3 is 0 Å². The molecule has 4 heterocycles. The van der Waals surface area contributed by atoms with Crippen molar-refractivity contribution in [1.29, 1.82) is 0 Å². The van der Waals surface area contributed by atoms with Crippen LogP contribution in [0.25, 0.3) is 0 Å². The van der Waals surface area contributed by atoms with Gasteiger partial charge in [0.2, 0.25) is 5.91 Å². The number of likely N-dealkylation sites (tertiary alicyclic amines) is 1. The quantitative estimate of drug-likeness (QED) is 0.864. The largest absolute Gasteiger partial charge is 0.394 e. The van der Waals surface area contributed by atoms with Gasteiger partial charge < -0.3 is 14.6 Å². The Labute approximate surface area is 170 Å². The van der Waals surface area contributed by atoms with Gasteiger partial charge in [0.05, 0.1) is 12.6 Å². The van der Waals surface area contributed by atoms with Crippen LogP contribution in [0.4, 0.5) is 5.69 Å². The van der Waals surface area contributed by atoms with Gasteiger partial charge in [-0.25, -0.2) is 0 Å². The van der Waals surface area contributed by atoms with E-state index in [1.54, 1.807) is 6.07 Å². The smallest absolute Gasteiger partial charge is 0.251 e. The van der Waals surface area contributed by atoms with Gasteiger partial charge in [-0.15, -0.1) is 0 Å². The van der Waals surface area contributed by atoms with Crippen LogP contribution < -0.4 is 10.5 Å². The summed E-state index contributed by atoms with van der Waals surface area (Å²) in [5.41, 5.74) is 3.27. The lowest BCUT2D eigenvalue weighted by molar-refractivity contribution is -0.117. The molecule has 0 saturated carbocycles. The van der Waals surface area contributed by atoms with E-state index in [-0.39, 0.29) is 30.0 Å². The number of hydrogen-bond donors (Lipinski definition) is 1. The van der Waals surface area contributed by atoms with E-state index in [0.29, 0.717) is 12.3 Å². The van der Waals surface area contributed by atoms with Gasteiger partial charge in [0.1, 0.15) is 0 Å². The van der Waals surface area contributed by atoms with Crippen molar-refractivity contribution in [2.75, 3.05) is 31.1 Å². The van der Waals surface area contributed by atoms with Gasteiger partial charge in [-0.1, -0.05) is 18.2 Å². The molecule has 2 saturated heterocycles. The number of pyridine rings is 1. The average Bonchev–Trinajstić information content (AvgIpc) is 3.15. The van der Waals surface area contributed by atoms with Gasteiger partial charge in [0.25, 0.3) is 5.56 Å². The number of rotatable bonds is 4. The number of amides is 1. The number of aliphatic hydroxyl groups is 1. The monoisotopic (exact) mass is 393 g/mol. The van der Waals surface area contributed by atoms with Gasteiger partial charge in [-0.3, -0.25) is 14.5 Å². The van der Waals surface area contributed by atoms with Gasteiger partial charge in [0.15, 0.2) is 0 Å². The Morgan fingerprint density at radius 1 is 1.03 bits per heavy atom. The minimum atomic E-state index is -0.138. The predicted octanol–water partition coefficient (Wildman–Crippen LogP) is 2.13. The highest BCUT2D eigenvalue weighted by Gasteiger charge is 2.40. The van der Waals surface area contributed by atoms with E-state index < -0.39 is 0 Å². The van der Waals surface area contributed by atoms with Crippen LogP contribution in [0.15, 0.2) is 47.3 Å². The summed E-state index contributed by atoms with van der Waals surface area (Å²) in [5.74, 6) is 0.824. The Bertz CT molecular complexity index is 968. The zero-order valence-electron chi connectivity index (χ0n) is 16.5. The topological polar surface area (TPSA) is 65.8 Å². The molecule has 2 aromatic rings. The number of nitrogens with zero attached hydrogens (tertiary/aromatic N) is 3. The maximum Gasteiger partial charge on any atom is 0.251 e. The van der Waals surface area contributed by atoms with Gasteiger partial charge in [-0.05, 0) is 42.5 Å². The van der Waals surface area contributed by atoms with Crippen LogP contribution in [-0.2, 0) is 11.3 Å². The Balaban J connectivity index is 1.34. The van der Waals surface area contributed by atoms with Crippen molar-refractivity contribution in [1.82, 2.24) is 9.47 Å². The Hall–Kier alpha value is -2.44. The molecule has 1 N–H and O–H groups in total. The van der Waals surface area contributed by atoms with Gasteiger partial charge in [-0.2, -0.15) is 0 Å². The van der Waals surface area contributed by atoms with Crippen molar-refractivity contribution in [2.45, 2.75) is 37.8 Å². The number of hydrogen-bond acceptors (Lipinski definition) is 4. The Morgan fingerprint density at radius 2 is 1.86 bits per heavy atom. The molecule has 1 aromatic carbocycles. The zero-order valence-corrected chi connectivity index (χ0v) is 16.5. The molecule has 0 radical (unpaired) electrons. The summed E-state index contributed by atoms with van der Waals surface area (Å²) in [5, 5.41) is 10.00. The third-order valence-electron chi connectivity index (χ3n) is 6.79. The molecule has 6 heteroatoms. The van der Waals surface area contributed by atoms with E-state index in [1.165, 1.54) is 5.56 Å². The van der Waals surface area contributed by atoms with Crippen molar-refractivity contribution in [3.8, 4) is 0 Å². The van der Waals surface area contributed by atoms with Crippen LogP contribution in [0.3, 0.4) is 0 Å². The van der Waals surface area contributed by atoms with Crippen LogP contribution in [0.1, 0.15) is 42.5 Å². The fourth-order valence-electron chi connectivity index (χ4n) is 5.46. The molecule has 0 unspecified atom stereocenters. The molecule has 152 valence electrons. The summed E-state index contributed by atoms with van der Waals surface area (Å²) >= 11 is 0. The summed E-state index contributed by atoms with van der Waals surface area (Å²) in [6.07, 6.45) is 2.61. The second-order valence-corrected chi connectivity index (χ2v) is 8.61. The highest BCUT2D eigenvalue weighted by atomic mass is 16.3. The number of aliphatic hydroxyl groups excluding tert-OH is 1. The van der Waals surface area contributed by atoms with E-state index in [0.717, 1.165) is 50.4 Å². The molecule has 1 aromatic heterocycles. The molecule has 0 aliphatic carbocycles. The van der Waals surface area contributed by atoms with E-state index >= 15 is 0 Å². The summed E-state index contributed by atoms with van der Waals surface area (Å²) in [4.78, 5) is 28.7. The molecule has 3 atom stereocenters. The summed E-state index contributed by atoms with van der Waals surface area (Å²) < 4.78 is 1.83. The van der Waals surface area contributed by atoms with Crippen LogP contribution in [0.2, 0.25) is 0 Å².